The molecule has 4 N–H and O–H groups in total. The Hall–Kier alpha value is -5.66. The van der Waals surface area contributed by atoms with Gasteiger partial charge in [0.25, 0.3) is 0 Å². The van der Waals surface area contributed by atoms with E-state index in [9.17, 15) is 19.2 Å². The SMILES string of the molecule is COC(=O)N[C@@H](C)C(=O)N1CCC[C@H]1c1ncc(-c2ccc3c(c2)CCc2cc(-c4cnc(C5[C@H]6CC[C@H](C6)N5C(=O)[C@H](C)NC(=O)OC)[nH]4)ccc2-3)[nH]1. The number of rotatable bonds is 8. The van der Waals surface area contributed by atoms with Crippen LogP contribution in [0.2, 0.25) is 0 Å². The van der Waals surface area contributed by atoms with Gasteiger partial charge in [0.2, 0.25) is 11.8 Å². The lowest BCUT2D eigenvalue weighted by atomic mass is 9.83. The van der Waals surface area contributed by atoms with Crippen LogP contribution < -0.4 is 10.6 Å². The Kier molecular flexibility index (Phi) is 9.36. The Morgan fingerprint density at radius 2 is 1.35 bits per heavy atom. The molecule has 0 spiro atoms. The average Bonchev–Trinajstić information content (AvgIpc) is 4.05. The molecule has 2 aliphatic heterocycles. The van der Waals surface area contributed by atoms with Crippen molar-refractivity contribution in [3.05, 3.63) is 71.6 Å². The largest absolute Gasteiger partial charge is 0.453 e. The summed E-state index contributed by atoms with van der Waals surface area (Å²) in [5.74, 6) is 1.57. The number of amides is 4. The molecule has 2 aliphatic carbocycles. The molecule has 4 aromatic rings. The molecular weight excluding hydrogens is 688 g/mol. The molecule has 2 saturated heterocycles. The summed E-state index contributed by atoms with van der Waals surface area (Å²) in [5, 5.41) is 5.20. The number of alkyl carbamates (subject to hydrolysis) is 2. The molecule has 1 unspecified atom stereocenters. The lowest BCUT2D eigenvalue weighted by molar-refractivity contribution is -0.137. The minimum Gasteiger partial charge on any atom is -0.453 e. The summed E-state index contributed by atoms with van der Waals surface area (Å²) >= 11 is 0. The highest BCUT2D eigenvalue weighted by molar-refractivity contribution is 5.87. The summed E-state index contributed by atoms with van der Waals surface area (Å²) < 4.78 is 9.38. The number of likely N-dealkylation sites (tertiary alicyclic amines) is 2. The van der Waals surface area contributed by atoms with Crippen LogP contribution in [0.5, 0.6) is 0 Å². The molecule has 2 aromatic heterocycles. The number of carbonyl (C=O) groups excluding carboxylic acids is 4. The molecule has 4 amide bonds. The van der Waals surface area contributed by atoms with Crippen LogP contribution in [-0.4, -0.2) is 92.6 Å². The van der Waals surface area contributed by atoms with E-state index in [4.69, 9.17) is 14.7 Å². The van der Waals surface area contributed by atoms with E-state index in [0.717, 1.165) is 79.1 Å². The Balaban J connectivity index is 0.976. The highest BCUT2D eigenvalue weighted by atomic mass is 16.5. The van der Waals surface area contributed by atoms with Gasteiger partial charge < -0.3 is 39.9 Å². The fourth-order valence-electron chi connectivity index (χ4n) is 9.06. The van der Waals surface area contributed by atoms with Crippen molar-refractivity contribution in [3.8, 4) is 33.6 Å². The van der Waals surface area contributed by atoms with Crippen molar-refractivity contribution in [2.24, 2.45) is 5.92 Å². The third-order valence-electron chi connectivity index (χ3n) is 11.7. The Morgan fingerprint density at radius 1 is 0.778 bits per heavy atom. The molecule has 8 rings (SSSR count). The molecule has 54 heavy (non-hydrogen) atoms. The van der Waals surface area contributed by atoms with Crippen LogP contribution in [0.25, 0.3) is 33.6 Å². The molecule has 2 aromatic carbocycles. The number of ether oxygens (including phenoxy) is 2. The predicted octanol–water partition coefficient (Wildman–Crippen LogP) is 5.44. The molecule has 0 radical (unpaired) electrons. The quantitative estimate of drug-likeness (QED) is 0.185. The highest BCUT2D eigenvalue weighted by Gasteiger charge is 2.50. The van der Waals surface area contributed by atoms with Crippen LogP contribution in [0.15, 0.2) is 48.8 Å². The molecule has 4 heterocycles. The van der Waals surface area contributed by atoms with E-state index in [1.165, 1.54) is 36.5 Å². The van der Waals surface area contributed by atoms with Gasteiger partial charge >= 0.3 is 12.2 Å². The number of fused-ring (bicyclic) bond motifs is 5. The monoisotopic (exact) mass is 734 g/mol. The van der Waals surface area contributed by atoms with Crippen LogP contribution >= 0.6 is 0 Å². The van der Waals surface area contributed by atoms with E-state index in [1.54, 1.807) is 18.7 Å². The van der Waals surface area contributed by atoms with Gasteiger partial charge in [-0.25, -0.2) is 19.6 Å². The Morgan fingerprint density at radius 3 is 1.96 bits per heavy atom. The fourth-order valence-corrected chi connectivity index (χ4v) is 9.06. The number of piperidine rings is 1. The molecule has 3 fully saturated rings. The topological polar surface area (TPSA) is 175 Å². The van der Waals surface area contributed by atoms with E-state index < -0.39 is 24.3 Å². The highest BCUT2D eigenvalue weighted by Crippen LogP contribution is 2.50. The fraction of sp³-hybridized carbons (Fsp3) is 0.450. The Bertz CT molecular complexity index is 2110. The van der Waals surface area contributed by atoms with Gasteiger partial charge in [0.15, 0.2) is 0 Å². The summed E-state index contributed by atoms with van der Waals surface area (Å²) in [5.41, 5.74) is 8.86. The van der Waals surface area contributed by atoms with Crippen molar-refractivity contribution in [2.75, 3.05) is 20.8 Å². The van der Waals surface area contributed by atoms with Gasteiger partial charge in [-0.15, -0.1) is 0 Å². The zero-order valence-corrected chi connectivity index (χ0v) is 31.0. The van der Waals surface area contributed by atoms with Crippen LogP contribution in [0.3, 0.4) is 0 Å². The second kappa shape index (κ2) is 14.3. The predicted molar refractivity (Wildman–Crippen MR) is 199 cm³/mol. The first kappa shape index (κ1) is 35.4. The maximum absolute atomic E-state index is 13.5. The molecule has 2 bridgehead atoms. The van der Waals surface area contributed by atoms with Crippen molar-refractivity contribution in [3.63, 3.8) is 0 Å². The maximum atomic E-state index is 13.5. The minimum absolute atomic E-state index is 0.118. The van der Waals surface area contributed by atoms with Gasteiger partial charge in [-0.1, -0.05) is 24.3 Å². The van der Waals surface area contributed by atoms with E-state index >= 15 is 0 Å². The lowest BCUT2D eigenvalue weighted by Gasteiger charge is -2.36. The first-order valence-electron chi connectivity index (χ1n) is 18.8. The standard InChI is InChI=1S/C40H46N8O6/c1-21(43-39(51)53-3)37(49)47-15-5-6-33(47)35-41-19-31(45-35)25-10-13-29-23(16-25)7-8-24-17-26(11-14-30(24)29)32-20-42-36(46-32)34-27-9-12-28(18-27)48(34)38(50)22(2)44-40(52)54-4/h10-11,13-14,16-17,19-22,27-28,33-34H,5-9,12,15,18H2,1-4H3,(H,41,45)(H,42,46)(H,43,51)(H,44,52)/t21-,22-,27-,28+,33-,34?/m0/s1. The number of nitrogens with one attached hydrogen (secondary N) is 4. The van der Waals surface area contributed by atoms with Crippen LogP contribution in [-0.2, 0) is 31.9 Å². The summed E-state index contributed by atoms with van der Waals surface area (Å²) in [4.78, 5) is 70.5. The van der Waals surface area contributed by atoms with Crippen molar-refractivity contribution >= 4 is 24.0 Å². The van der Waals surface area contributed by atoms with E-state index in [-0.39, 0.29) is 29.9 Å². The first-order valence-corrected chi connectivity index (χ1v) is 18.8. The van der Waals surface area contributed by atoms with Gasteiger partial charge in [-0.3, -0.25) is 9.59 Å². The van der Waals surface area contributed by atoms with Crippen molar-refractivity contribution in [2.45, 2.75) is 89.0 Å². The van der Waals surface area contributed by atoms with E-state index in [1.807, 2.05) is 17.3 Å². The smallest absolute Gasteiger partial charge is 0.407 e. The minimum atomic E-state index is -0.702. The first-order chi connectivity index (χ1) is 26.1. The zero-order chi connectivity index (χ0) is 37.7. The molecular formula is C40H46N8O6. The number of hydrogen-bond donors (Lipinski definition) is 4. The van der Waals surface area contributed by atoms with E-state index in [2.05, 4.69) is 61.7 Å². The molecule has 6 atom stereocenters. The van der Waals surface area contributed by atoms with E-state index in [0.29, 0.717) is 12.5 Å². The molecule has 282 valence electrons. The van der Waals surface area contributed by atoms with Crippen LogP contribution in [0.4, 0.5) is 9.59 Å². The number of hydrogen-bond acceptors (Lipinski definition) is 8. The second-order valence-corrected chi connectivity index (χ2v) is 14.9. The third kappa shape index (κ3) is 6.36. The van der Waals surface area contributed by atoms with Crippen LogP contribution in [0, 0.1) is 5.92 Å². The molecule has 4 aliphatic rings. The number of methoxy groups -OCH3 is 2. The third-order valence-corrected chi connectivity index (χ3v) is 11.7. The average molecular weight is 735 g/mol. The summed E-state index contributed by atoms with van der Waals surface area (Å²) in [6.07, 6.45) is 8.83. The molecule has 1 saturated carbocycles. The number of H-pyrrole nitrogens is 2. The number of aromatic amines is 2. The summed E-state index contributed by atoms with van der Waals surface area (Å²) in [7, 11) is 2.57. The maximum Gasteiger partial charge on any atom is 0.407 e. The summed E-state index contributed by atoms with van der Waals surface area (Å²) in [6.45, 7) is 3.96. The van der Waals surface area contributed by atoms with Crippen molar-refractivity contribution in [1.82, 2.24) is 40.4 Å². The second-order valence-electron chi connectivity index (χ2n) is 14.9. The van der Waals surface area contributed by atoms with Crippen molar-refractivity contribution < 1.29 is 28.7 Å². The number of aryl methyl sites for hydroxylation is 2. The number of imidazole rings is 2. The van der Waals surface area contributed by atoms with Crippen molar-refractivity contribution in [1.29, 1.82) is 0 Å². The van der Waals surface area contributed by atoms with Gasteiger partial charge in [-0.2, -0.15) is 0 Å². The number of nitrogens with zero attached hydrogens (tertiary/aromatic N) is 4. The number of aromatic nitrogens is 4. The Labute approximate surface area is 313 Å². The number of benzene rings is 2. The van der Waals surface area contributed by atoms with Gasteiger partial charge in [0.05, 0.1) is 50.1 Å². The molecule has 14 nitrogen and oxygen atoms in total. The van der Waals surface area contributed by atoms with Gasteiger partial charge in [0.1, 0.15) is 23.7 Å². The lowest BCUT2D eigenvalue weighted by Crippen LogP contribution is -2.50. The van der Waals surface area contributed by atoms with Gasteiger partial charge in [-0.05, 0) is 110 Å². The summed E-state index contributed by atoms with van der Waals surface area (Å²) in [6, 6.07) is 11.5. The zero-order valence-electron chi connectivity index (χ0n) is 31.0. The normalized spacial score (nSPS) is 22.3. The van der Waals surface area contributed by atoms with Crippen LogP contribution in [0.1, 0.15) is 80.8 Å². The number of carbonyl (C=O) groups is 4. The van der Waals surface area contributed by atoms with Gasteiger partial charge in [0, 0.05) is 12.6 Å². The molecule has 14 heteroatoms.